The lowest BCUT2D eigenvalue weighted by atomic mass is 9.84. The second-order valence-electron chi connectivity index (χ2n) is 7.07. The number of unbranched alkanes of at least 4 members (excludes halogenated alkanes) is 5. The van der Waals surface area contributed by atoms with Gasteiger partial charge in [0.25, 0.3) is 0 Å². The van der Waals surface area contributed by atoms with Crippen LogP contribution in [0.25, 0.3) is 0 Å². The summed E-state index contributed by atoms with van der Waals surface area (Å²) in [7, 11) is 0. The Morgan fingerprint density at radius 3 is 1.44 bits per heavy atom. The maximum Gasteiger partial charge on any atom is -0.0380 e. The van der Waals surface area contributed by atoms with Crippen molar-refractivity contribution in [2.45, 2.75) is 106 Å². The van der Waals surface area contributed by atoms with Crippen LogP contribution in [-0.2, 0) is 0 Å². The molecule has 1 unspecified atom stereocenters. The fourth-order valence-electron chi connectivity index (χ4n) is 2.49. The van der Waals surface area contributed by atoms with Gasteiger partial charge in [0.1, 0.15) is 0 Å². The zero-order valence-corrected chi connectivity index (χ0v) is 14.4. The first kappa shape index (κ1) is 20.3. The Balaban J connectivity index is 0. The molecule has 0 saturated carbocycles. The third kappa shape index (κ3) is 21.3. The molecule has 0 amide bonds. The Hall–Kier alpha value is 0. The molecule has 0 heterocycles. The van der Waals surface area contributed by atoms with Gasteiger partial charge in [-0.05, 0) is 17.8 Å². The number of rotatable bonds is 8. The highest BCUT2D eigenvalue weighted by Gasteiger charge is 2.13. The average molecular weight is 257 g/mol. The van der Waals surface area contributed by atoms with Crippen LogP contribution in [0.2, 0.25) is 0 Å². The lowest BCUT2D eigenvalue weighted by molar-refractivity contribution is 0.295. The van der Waals surface area contributed by atoms with Crippen molar-refractivity contribution in [3.05, 3.63) is 0 Å². The smallest absolute Gasteiger partial charge is 0.0380 e. The highest BCUT2D eigenvalue weighted by atomic mass is 14.2. The monoisotopic (exact) mass is 256 g/mol. The topological polar surface area (TPSA) is 0 Å². The Labute approximate surface area is 118 Å². The van der Waals surface area contributed by atoms with E-state index in [1.54, 1.807) is 0 Å². The van der Waals surface area contributed by atoms with Crippen LogP contribution in [0.4, 0.5) is 0 Å². The van der Waals surface area contributed by atoms with E-state index < -0.39 is 0 Å². The standard InChI is InChI=1S/C10H22.C8H18/c1-6-7-9(2)8-10(3,4)5;1-3-5-7-8-6-4-2/h9H,6-8H2,1-5H3;3-8H2,1-2H3. The molecule has 0 spiro atoms. The van der Waals surface area contributed by atoms with E-state index in [-0.39, 0.29) is 0 Å². The molecule has 0 fully saturated rings. The molecule has 0 nitrogen and oxygen atoms in total. The second-order valence-corrected chi connectivity index (χ2v) is 7.07. The van der Waals surface area contributed by atoms with Crippen molar-refractivity contribution in [1.82, 2.24) is 0 Å². The van der Waals surface area contributed by atoms with Gasteiger partial charge in [0.05, 0.1) is 0 Å². The fourth-order valence-corrected chi connectivity index (χ4v) is 2.49. The van der Waals surface area contributed by atoms with E-state index in [0.717, 1.165) is 5.92 Å². The van der Waals surface area contributed by atoms with Crippen molar-refractivity contribution in [2.24, 2.45) is 11.3 Å². The van der Waals surface area contributed by atoms with E-state index in [1.165, 1.54) is 57.8 Å². The summed E-state index contributed by atoms with van der Waals surface area (Å²) in [5.74, 6) is 0.907. The van der Waals surface area contributed by atoms with Gasteiger partial charge in [0, 0.05) is 0 Å². The van der Waals surface area contributed by atoms with Crippen LogP contribution < -0.4 is 0 Å². The summed E-state index contributed by atoms with van der Waals surface area (Å²) in [5, 5.41) is 0. The molecule has 0 N–H and O–H groups in total. The van der Waals surface area contributed by atoms with Gasteiger partial charge in [-0.2, -0.15) is 0 Å². The normalized spacial score (nSPS) is 12.8. The van der Waals surface area contributed by atoms with Gasteiger partial charge in [-0.25, -0.2) is 0 Å². The van der Waals surface area contributed by atoms with E-state index >= 15 is 0 Å². The SMILES string of the molecule is CCCC(C)CC(C)(C)C.CCCCCCCC. The molecule has 18 heavy (non-hydrogen) atoms. The molecule has 0 radical (unpaired) electrons. The largest absolute Gasteiger partial charge is 0.0654 e. The van der Waals surface area contributed by atoms with Crippen molar-refractivity contribution < 1.29 is 0 Å². The van der Waals surface area contributed by atoms with Crippen LogP contribution in [0.1, 0.15) is 106 Å². The Morgan fingerprint density at radius 2 is 1.17 bits per heavy atom. The van der Waals surface area contributed by atoms with E-state index in [2.05, 4.69) is 48.5 Å². The summed E-state index contributed by atoms with van der Waals surface area (Å²) in [5.41, 5.74) is 0.522. The van der Waals surface area contributed by atoms with Gasteiger partial charge >= 0.3 is 0 Å². The molecule has 112 valence electrons. The third-order valence-corrected chi connectivity index (χ3v) is 3.20. The summed E-state index contributed by atoms with van der Waals surface area (Å²) in [4.78, 5) is 0. The lowest BCUT2D eigenvalue weighted by Crippen LogP contribution is -2.10. The minimum atomic E-state index is 0.522. The third-order valence-electron chi connectivity index (χ3n) is 3.20. The molecule has 0 aliphatic carbocycles. The zero-order valence-electron chi connectivity index (χ0n) is 14.4. The first-order valence-corrected chi connectivity index (χ1v) is 8.37. The molecule has 0 aromatic heterocycles. The summed E-state index contributed by atoms with van der Waals surface area (Å²) in [6.07, 6.45) is 12.6. The van der Waals surface area contributed by atoms with Gasteiger partial charge in [-0.1, -0.05) is 99.8 Å². The van der Waals surface area contributed by atoms with Gasteiger partial charge in [-0.3, -0.25) is 0 Å². The molecule has 1 atom stereocenters. The molecular weight excluding hydrogens is 216 g/mol. The zero-order chi connectivity index (χ0) is 14.4. The van der Waals surface area contributed by atoms with Crippen LogP contribution in [0.5, 0.6) is 0 Å². The quantitative estimate of drug-likeness (QED) is 0.402. The van der Waals surface area contributed by atoms with Crippen LogP contribution in [0.15, 0.2) is 0 Å². The van der Waals surface area contributed by atoms with Gasteiger partial charge < -0.3 is 0 Å². The Bertz CT molecular complexity index is 135. The maximum atomic E-state index is 2.36. The first-order valence-electron chi connectivity index (χ1n) is 8.37. The van der Waals surface area contributed by atoms with Crippen molar-refractivity contribution in [2.75, 3.05) is 0 Å². The summed E-state index contributed by atoms with van der Waals surface area (Å²) in [6.45, 7) is 16.1. The molecule has 0 aromatic carbocycles. The van der Waals surface area contributed by atoms with E-state index in [4.69, 9.17) is 0 Å². The summed E-state index contributed by atoms with van der Waals surface area (Å²) in [6, 6.07) is 0. The van der Waals surface area contributed by atoms with E-state index in [1.807, 2.05) is 0 Å². The van der Waals surface area contributed by atoms with Crippen LogP contribution in [0.3, 0.4) is 0 Å². The van der Waals surface area contributed by atoms with E-state index in [0.29, 0.717) is 5.41 Å². The molecule has 0 bridgehead atoms. The predicted octanol–water partition coefficient (Wildman–Crippen LogP) is 7.23. The summed E-state index contributed by atoms with van der Waals surface area (Å²) < 4.78 is 0. The summed E-state index contributed by atoms with van der Waals surface area (Å²) >= 11 is 0. The maximum absolute atomic E-state index is 2.36. The molecular formula is C18H40. The highest BCUT2D eigenvalue weighted by molar-refractivity contribution is 4.65. The molecule has 0 heteroatoms. The molecule has 0 aliphatic heterocycles. The predicted molar refractivity (Wildman–Crippen MR) is 87.2 cm³/mol. The van der Waals surface area contributed by atoms with Gasteiger partial charge in [0.15, 0.2) is 0 Å². The van der Waals surface area contributed by atoms with Gasteiger partial charge in [0.2, 0.25) is 0 Å². The van der Waals surface area contributed by atoms with E-state index in [9.17, 15) is 0 Å². The second kappa shape index (κ2) is 13.4. The molecule has 0 aliphatic rings. The van der Waals surface area contributed by atoms with Crippen molar-refractivity contribution in [3.8, 4) is 0 Å². The Kier molecular flexibility index (Phi) is 15.2. The van der Waals surface area contributed by atoms with Crippen molar-refractivity contribution in [3.63, 3.8) is 0 Å². The van der Waals surface area contributed by atoms with Crippen LogP contribution >= 0.6 is 0 Å². The van der Waals surface area contributed by atoms with Gasteiger partial charge in [-0.15, -0.1) is 0 Å². The average Bonchev–Trinajstić information content (AvgIpc) is 2.23. The highest BCUT2D eigenvalue weighted by Crippen LogP contribution is 2.26. The van der Waals surface area contributed by atoms with Crippen molar-refractivity contribution >= 4 is 0 Å². The Morgan fingerprint density at radius 1 is 0.722 bits per heavy atom. The minimum absolute atomic E-state index is 0.522. The van der Waals surface area contributed by atoms with Crippen LogP contribution in [-0.4, -0.2) is 0 Å². The lowest BCUT2D eigenvalue weighted by Gasteiger charge is -2.22. The van der Waals surface area contributed by atoms with Crippen molar-refractivity contribution in [1.29, 1.82) is 0 Å². The van der Waals surface area contributed by atoms with Crippen LogP contribution in [0, 0.1) is 11.3 Å². The molecule has 0 rings (SSSR count). The first-order chi connectivity index (χ1) is 8.37. The fraction of sp³-hybridized carbons (Fsp3) is 1.00. The molecule has 0 aromatic rings. The number of hydrogen-bond acceptors (Lipinski definition) is 0. The minimum Gasteiger partial charge on any atom is -0.0654 e. The molecule has 0 saturated heterocycles. The number of hydrogen-bond donors (Lipinski definition) is 0.